The molecule has 1 aromatic heterocycles. The predicted molar refractivity (Wildman–Crippen MR) is 169 cm³/mol. The summed E-state index contributed by atoms with van der Waals surface area (Å²) in [6, 6.07) is 28.9. The van der Waals surface area contributed by atoms with Crippen molar-refractivity contribution in [2.45, 2.75) is 39.5 Å². The Balaban J connectivity index is 1.24. The Labute approximate surface area is 259 Å². The van der Waals surface area contributed by atoms with Gasteiger partial charge in [0.25, 0.3) is 5.91 Å². The van der Waals surface area contributed by atoms with Gasteiger partial charge in [0.2, 0.25) is 5.88 Å². The van der Waals surface area contributed by atoms with Gasteiger partial charge in [-0.25, -0.2) is 4.79 Å². The van der Waals surface area contributed by atoms with E-state index in [0.717, 1.165) is 28.8 Å². The van der Waals surface area contributed by atoms with E-state index in [1.54, 1.807) is 41.1 Å². The number of nitrogens with one attached hydrogen (secondary N) is 2. The molecule has 6 nitrogen and oxygen atoms in total. The molecular formula is C36H32F3N3O3. The summed E-state index contributed by atoms with van der Waals surface area (Å²) in [7, 11) is 0. The summed E-state index contributed by atoms with van der Waals surface area (Å²) < 4.78 is 46.4. The molecule has 0 unspecified atom stereocenters. The number of nitrogens with zero attached hydrogens (tertiary/aromatic N) is 1. The monoisotopic (exact) mass is 611 g/mol. The molecule has 1 heterocycles. The SMILES string of the molecule is Cc1ccc(-c2ccc(CNC(=O)Oc3cc(NC(=O)c4ccccc4-c4ccc(C(F)(F)F)cc4)cn3C(C)C)cc2)cc1. The van der Waals surface area contributed by atoms with E-state index in [0.29, 0.717) is 16.8 Å². The second-order valence-corrected chi connectivity index (χ2v) is 10.9. The van der Waals surface area contributed by atoms with Gasteiger partial charge in [0.1, 0.15) is 0 Å². The van der Waals surface area contributed by atoms with Crippen LogP contribution in [0.2, 0.25) is 0 Å². The third-order valence-corrected chi connectivity index (χ3v) is 7.29. The zero-order valence-corrected chi connectivity index (χ0v) is 25.0. The molecule has 0 bridgehead atoms. The van der Waals surface area contributed by atoms with Gasteiger partial charge in [-0.2, -0.15) is 13.2 Å². The fourth-order valence-electron chi connectivity index (χ4n) is 4.85. The number of hydrogen-bond donors (Lipinski definition) is 2. The summed E-state index contributed by atoms with van der Waals surface area (Å²) in [5.41, 5.74) is 5.14. The molecule has 2 amide bonds. The standard InChI is InChI=1S/C36H32F3N3O3/c1-23(2)42-22-30(41-34(43)32-7-5-4-6-31(32)28-16-18-29(19-17-28)36(37,38)39)20-33(42)45-35(44)40-21-25-10-14-27(15-11-25)26-12-8-24(3)9-13-26/h4-20,22-23H,21H2,1-3H3,(H,40,44)(H,41,43). The lowest BCUT2D eigenvalue weighted by Gasteiger charge is -2.13. The zero-order chi connectivity index (χ0) is 32.1. The van der Waals surface area contributed by atoms with Crippen LogP contribution >= 0.6 is 0 Å². The van der Waals surface area contributed by atoms with Crippen molar-refractivity contribution < 1.29 is 27.5 Å². The number of hydrogen-bond acceptors (Lipinski definition) is 3. The molecule has 0 aliphatic rings. The van der Waals surface area contributed by atoms with Crippen molar-refractivity contribution in [2.75, 3.05) is 5.32 Å². The van der Waals surface area contributed by atoms with Crippen LogP contribution < -0.4 is 15.4 Å². The van der Waals surface area contributed by atoms with Gasteiger partial charge in [-0.15, -0.1) is 0 Å². The Morgan fingerprint density at radius 2 is 1.42 bits per heavy atom. The molecule has 0 aliphatic carbocycles. The predicted octanol–water partition coefficient (Wildman–Crippen LogP) is 9.27. The summed E-state index contributed by atoms with van der Waals surface area (Å²) in [4.78, 5) is 26.0. The highest BCUT2D eigenvalue weighted by Crippen LogP contribution is 2.32. The average molecular weight is 612 g/mol. The molecule has 5 aromatic rings. The maximum atomic E-state index is 13.3. The van der Waals surface area contributed by atoms with Gasteiger partial charge in [-0.3, -0.25) is 4.79 Å². The van der Waals surface area contributed by atoms with E-state index in [-0.39, 0.29) is 24.0 Å². The Morgan fingerprint density at radius 1 is 0.822 bits per heavy atom. The number of alkyl halides is 3. The quantitative estimate of drug-likeness (QED) is 0.184. The first-order valence-electron chi connectivity index (χ1n) is 14.4. The third kappa shape index (κ3) is 7.62. The number of ether oxygens (including phenoxy) is 1. The summed E-state index contributed by atoms with van der Waals surface area (Å²) in [5.74, 6) is -0.222. The van der Waals surface area contributed by atoms with Crippen LogP contribution in [0, 0.1) is 6.92 Å². The van der Waals surface area contributed by atoms with E-state index in [1.165, 1.54) is 17.7 Å². The Kier molecular flexibility index (Phi) is 9.08. The Hall–Kier alpha value is -5.31. The highest BCUT2D eigenvalue weighted by Gasteiger charge is 2.30. The summed E-state index contributed by atoms with van der Waals surface area (Å²) in [5, 5.41) is 5.58. The average Bonchev–Trinajstić information content (AvgIpc) is 3.42. The molecule has 0 saturated carbocycles. The van der Waals surface area contributed by atoms with Crippen LogP contribution in [0.25, 0.3) is 22.3 Å². The van der Waals surface area contributed by atoms with E-state index in [2.05, 4.69) is 34.9 Å². The highest BCUT2D eigenvalue weighted by molar-refractivity contribution is 6.08. The molecular weight excluding hydrogens is 579 g/mol. The first-order chi connectivity index (χ1) is 21.5. The molecule has 0 fully saturated rings. The van der Waals surface area contributed by atoms with E-state index >= 15 is 0 Å². The lowest BCUT2D eigenvalue weighted by Crippen LogP contribution is -2.27. The molecule has 0 spiro atoms. The lowest BCUT2D eigenvalue weighted by molar-refractivity contribution is -0.137. The second kappa shape index (κ2) is 13.1. The number of halogens is 3. The molecule has 0 saturated heterocycles. The molecule has 0 radical (unpaired) electrons. The molecule has 9 heteroatoms. The molecule has 0 aliphatic heterocycles. The minimum Gasteiger partial charge on any atom is -0.393 e. The number of aryl methyl sites for hydroxylation is 1. The van der Waals surface area contributed by atoms with Gasteiger partial charge < -0.3 is 19.9 Å². The van der Waals surface area contributed by atoms with Crippen LogP contribution in [-0.2, 0) is 12.7 Å². The zero-order valence-electron chi connectivity index (χ0n) is 25.0. The highest BCUT2D eigenvalue weighted by atomic mass is 19.4. The fourth-order valence-corrected chi connectivity index (χ4v) is 4.85. The van der Waals surface area contributed by atoms with E-state index in [1.807, 2.05) is 45.0 Å². The van der Waals surface area contributed by atoms with Crippen molar-refractivity contribution >= 4 is 17.7 Å². The van der Waals surface area contributed by atoms with E-state index in [9.17, 15) is 22.8 Å². The Morgan fingerprint density at radius 3 is 2.04 bits per heavy atom. The molecule has 45 heavy (non-hydrogen) atoms. The lowest BCUT2D eigenvalue weighted by atomic mass is 9.98. The minimum absolute atomic E-state index is 0.0906. The topological polar surface area (TPSA) is 72.4 Å². The van der Waals surface area contributed by atoms with Crippen LogP contribution in [0.1, 0.15) is 46.9 Å². The van der Waals surface area contributed by atoms with E-state index in [4.69, 9.17) is 4.74 Å². The molecule has 4 aromatic carbocycles. The van der Waals surface area contributed by atoms with Crippen LogP contribution in [-0.4, -0.2) is 16.6 Å². The molecule has 230 valence electrons. The van der Waals surface area contributed by atoms with Crippen molar-refractivity contribution in [1.29, 1.82) is 0 Å². The van der Waals surface area contributed by atoms with Crippen molar-refractivity contribution in [1.82, 2.24) is 9.88 Å². The van der Waals surface area contributed by atoms with Gasteiger partial charge in [0.15, 0.2) is 0 Å². The molecule has 0 atom stereocenters. The van der Waals surface area contributed by atoms with E-state index < -0.39 is 23.7 Å². The molecule has 5 rings (SSSR count). The fraction of sp³-hybridized carbons (Fsp3) is 0.167. The van der Waals surface area contributed by atoms with Gasteiger partial charge in [0, 0.05) is 30.4 Å². The van der Waals surface area contributed by atoms with Crippen LogP contribution in [0.15, 0.2) is 109 Å². The van der Waals surface area contributed by atoms with Crippen molar-refractivity contribution in [3.8, 4) is 28.1 Å². The van der Waals surface area contributed by atoms with Gasteiger partial charge in [0.05, 0.1) is 11.3 Å². The number of carbonyl (C=O) groups excluding carboxylic acids is 2. The number of benzene rings is 4. The maximum Gasteiger partial charge on any atom is 0.416 e. The number of rotatable bonds is 8. The largest absolute Gasteiger partial charge is 0.416 e. The van der Waals surface area contributed by atoms with Crippen molar-refractivity contribution in [3.63, 3.8) is 0 Å². The number of aromatic nitrogens is 1. The summed E-state index contributed by atoms with van der Waals surface area (Å²) in [6.45, 7) is 6.12. The minimum atomic E-state index is -4.46. The van der Waals surface area contributed by atoms with Gasteiger partial charge in [-0.1, -0.05) is 84.4 Å². The first kappa shape index (κ1) is 31.1. The van der Waals surface area contributed by atoms with Crippen molar-refractivity contribution in [3.05, 3.63) is 132 Å². The smallest absolute Gasteiger partial charge is 0.393 e. The van der Waals surface area contributed by atoms with Crippen LogP contribution in [0.5, 0.6) is 5.88 Å². The number of amides is 2. The van der Waals surface area contributed by atoms with Gasteiger partial charge >= 0.3 is 12.3 Å². The first-order valence-corrected chi connectivity index (χ1v) is 14.4. The van der Waals surface area contributed by atoms with Crippen molar-refractivity contribution in [2.24, 2.45) is 0 Å². The third-order valence-electron chi connectivity index (χ3n) is 7.29. The normalized spacial score (nSPS) is 11.4. The van der Waals surface area contributed by atoms with Gasteiger partial charge in [-0.05, 0) is 66.8 Å². The summed E-state index contributed by atoms with van der Waals surface area (Å²) >= 11 is 0. The Bertz CT molecular complexity index is 1790. The number of anilines is 1. The maximum absolute atomic E-state index is 13.3. The van der Waals surface area contributed by atoms with Crippen LogP contribution in [0.4, 0.5) is 23.7 Å². The molecule has 2 N–H and O–H groups in total. The van der Waals surface area contributed by atoms with Crippen LogP contribution in [0.3, 0.4) is 0 Å². The summed E-state index contributed by atoms with van der Waals surface area (Å²) in [6.07, 6.45) is -3.44. The number of carbonyl (C=O) groups is 2. The second-order valence-electron chi connectivity index (χ2n) is 10.9.